The third-order valence-electron chi connectivity index (χ3n) is 3.68. The van der Waals surface area contributed by atoms with Gasteiger partial charge < -0.3 is 4.40 Å². The Hall–Kier alpha value is -1.87. The molecule has 0 saturated heterocycles. The molecule has 0 spiro atoms. The van der Waals surface area contributed by atoms with Gasteiger partial charge in [-0.2, -0.15) is 0 Å². The van der Waals surface area contributed by atoms with E-state index in [9.17, 15) is 0 Å². The van der Waals surface area contributed by atoms with E-state index < -0.39 is 0 Å². The van der Waals surface area contributed by atoms with Crippen LogP contribution in [0.5, 0.6) is 0 Å². The molecule has 3 heteroatoms. The van der Waals surface area contributed by atoms with Gasteiger partial charge in [-0.25, -0.2) is 0 Å². The predicted molar refractivity (Wildman–Crippen MR) is 82.6 cm³/mol. The fraction of sp³-hybridized carbons (Fsp3) is 0.0625. The Morgan fingerprint density at radius 2 is 1.84 bits per heavy atom. The summed E-state index contributed by atoms with van der Waals surface area (Å²) in [5.41, 5.74) is 5.85. The highest BCUT2D eigenvalue weighted by Crippen LogP contribution is 2.30. The van der Waals surface area contributed by atoms with Gasteiger partial charge in [0.2, 0.25) is 0 Å². The molecule has 0 saturated carbocycles. The zero-order valence-corrected chi connectivity index (χ0v) is 12.0. The summed E-state index contributed by atoms with van der Waals surface area (Å²) in [6.07, 6.45) is 1.96. The van der Waals surface area contributed by atoms with Crippen molar-refractivity contribution in [2.75, 3.05) is 0 Å². The van der Waals surface area contributed by atoms with E-state index in [2.05, 4.69) is 68.6 Å². The lowest BCUT2D eigenvalue weighted by atomic mass is 10.2. The van der Waals surface area contributed by atoms with Crippen molar-refractivity contribution in [1.82, 2.24) is 9.38 Å². The molecule has 0 aliphatic heterocycles. The van der Waals surface area contributed by atoms with Gasteiger partial charge >= 0.3 is 0 Å². The summed E-state index contributed by atoms with van der Waals surface area (Å²) >= 11 is 3.55. The molecule has 0 atom stereocenters. The van der Waals surface area contributed by atoms with Gasteiger partial charge in [0, 0.05) is 9.86 Å². The Kier molecular flexibility index (Phi) is 2.21. The summed E-state index contributed by atoms with van der Waals surface area (Å²) in [6.45, 7) is 2.15. The van der Waals surface area contributed by atoms with Crippen molar-refractivity contribution in [3.63, 3.8) is 0 Å². The van der Waals surface area contributed by atoms with Crippen LogP contribution in [0.25, 0.3) is 27.5 Å². The van der Waals surface area contributed by atoms with Crippen LogP contribution in [0.15, 0.2) is 53.1 Å². The molecule has 2 heterocycles. The van der Waals surface area contributed by atoms with Gasteiger partial charge in [-0.15, -0.1) is 0 Å². The monoisotopic (exact) mass is 310 g/mol. The maximum absolute atomic E-state index is 4.56. The van der Waals surface area contributed by atoms with Gasteiger partial charge in [0.05, 0.1) is 28.3 Å². The highest BCUT2D eigenvalue weighted by atomic mass is 79.9. The van der Waals surface area contributed by atoms with E-state index in [1.165, 1.54) is 22.0 Å². The Morgan fingerprint density at radius 3 is 2.74 bits per heavy atom. The third kappa shape index (κ3) is 1.45. The fourth-order valence-corrected chi connectivity index (χ4v) is 3.11. The number of hydrogen-bond donors (Lipinski definition) is 0. The molecule has 0 aliphatic rings. The summed E-state index contributed by atoms with van der Waals surface area (Å²) in [5, 5.41) is 1.27. The second kappa shape index (κ2) is 3.81. The summed E-state index contributed by atoms with van der Waals surface area (Å²) in [6, 6.07) is 14.7. The van der Waals surface area contributed by atoms with Crippen molar-refractivity contribution in [1.29, 1.82) is 0 Å². The summed E-state index contributed by atoms with van der Waals surface area (Å²) in [7, 11) is 0. The topological polar surface area (TPSA) is 17.3 Å². The van der Waals surface area contributed by atoms with Crippen molar-refractivity contribution in [3.05, 3.63) is 58.7 Å². The molecule has 0 unspecified atom stereocenters. The normalized spacial score (nSPS) is 11.7. The minimum atomic E-state index is 1.02. The van der Waals surface area contributed by atoms with Crippen LogP contribution in [0.1, 0.15) is 5.56 Å². The van der Waals surface area contributed by atoms with Crippen LogP contribution in [-0.4, -0.2) is 9.38 Å². The van der Waals surface area contributed by atoms with E-state index in [0.717, 1.165) is 15.5 Å². The molecule has 19 heavy (non-hydrogen) atoms. The highest BCUT2D eigenvalue weighted by Gasteiger charge is 2.11. The average molecular weight is 311 g/mol. The van der Waals surface area contributed by atoms with Crippen molar-refractivity contribution < 1.29 is 0 Å². The molecule has 4 rings (SSSR count). The van der Waals surface area contributed by atoms with Crippen LogP contribution in [0.4, 0.5) is 0 Å². The van der Waals surface area contributed by atoms with Crippen LogP contribution in [0.3, 0.4) is 0 Å². The number of hydrogen-bond acceptors (Lipinski definition) is 1. The average Bonchev–Trinajstić information content (AvgIpc) is 2.72. The zero-order valence-electron chi connectivity index (χ0n) is 10.4. The predicted octanol–water partition coefficient (Wildman–Crippen LogP) is 4.71. The van der Waals surface area contributed by atoms with Crippen molar-refractivity contribution in [2.45, 2.75) is 6.92 Å². The van der Waals surface area contributed by atoms with Crippen LogP contribution >= 0.6 is 15.9 Å². The number of halogens is 1. The maximum Gasteiger partial charge on any atom is 0.0871 e. The number of aromatic nitrogens is 2. The molecular weight excluding hydrogens is 300 g/mol. The lowest BCUT2D eigenvalue weighted by Gasteiger charge is -2.03. The Bertz CT molecular complexity index is 938. The molecule has 2 aromatic carbocycles. The first kappa shape index (κ1) is 11.0. The molecule has 0 radical (unpaired) electrons. The summed E-state index contributed by atoms with van der Waals surface area (Å²) in [4.78, 5) is 4.56. The van der Waals surface area contributed by atoms with Crippen LogP contribution in [-0.2, 0) is 0 Å². The molecule has 0 amide bonds. The quantitative estimate of drug-likeness (QED) is 0.459. The largest absolute Gasteiger partial charge is 0.306 e. The van der Waals surface area contributed by atoms with Gasteiger partial charge in [0.1, 0.15) is 0 Å². The molecule has 0 fully saturated rings. The number of nitrogens with zero attached hydrogens (tertiary/aromatic N) is 2. The number of para-hydroxylation sites is 2. The second-order valence-corrected chi connectivity index (χ2v) is 5.67. The highest BCUT2D eigenvalue weighted by molar-refractivity contribution is 9.10. The first-order valence-electron chi connectivity index (χ1n) is 6.20. The minimum absolute atomic E-state index is 1.02. The zero-order chi connectivity index (χ0) is 13.0. The Balaban J connectivity index is 2.37. The number of aryl methyl sites for hydroxylation is 1. The lowest BCUT2D eigenvalue weighted by molar-refractivity contribution is 1.26. The molecule has 0 N–H and O–H groups in total. The van der Waals surface area contributed by atoms with E-state index in [0.29, 0.717) is 0 Å². The standard InChI is InChI=1S/C16H11BrN2/c1-10-12-8-11(17)6-7-14(12)19-15-5-3-2-4-13(15)18-9-16(10)19/h2-9H,1H3. The van der Waals surface area contributed by atoms with E-state index in [1.807, 2.05) is 12.3 Å². The fourth-order valence-electron chi connectivity index (χ4n) is 2.75. The smallest absolute Gasteiger partial charge is 0.0871 e. The Morgan fingerprint density at radius 1 is 1.00 bits per heavy atom. The second-order valence-electron chi connectivity index (χ2n) is 4.75. The van der Waals surface area contributed by atoms with Crippen LogP contribution < -0.4 is 0 Å². The maximum atomic E-state index is 4.56. The summed E-state index contributed by atoms with van der Waals surface area (Å²) in [5.74, 6) is 0. The minimum Gasteiger partial charge on any atom is -0.306 e. The van der Waals surface area contributed by atoms with Crippen molar-refractivity contribution in [2.24, 2.45) is 0 Å². The van der Waals surface area contributed by atoms with E-state index in [-0.39, 0.29) is 0 Å². The molecule has 2 nitrogen and oxygen atoms in total. The number of rotatable bonds is 0. The van der Waals surface area contributed by atoms with Gasteiger partial charge in [-0.3, -0.25) is 4.98 Å². The lowest BCUT2D eigenvalue weighted by Crippen LogP contribution is -1.90. The van der Waals surface area contributed by atoms with Gasteiger partial charge in [-0.05, 0) is 42.8 Å². The Labute approximate surface area is 118 Å². The van der Waals surface area contributed by atoms with Crippen LogP contribution in [0.2, 0.25) is 0 Å². The number of benzene rings is 2. The SMILES string of the molecule is Cc1c2cc(Br)ccc2n2c1cnc1ccccc12. The number of fused-ring (bicyclic) bond motifs is 5. The molecule has 0 aliphatic carbocycles. The molecular formula is C16H11BrN2. The summed E-state index contributed by atoms with van der Waals surface area (Å²) < 4.78 is 3.40. The van der Waals surface area contributed by atoms with Gasteiger partial charge in [0.25, 0.3) is 0 Å². The molecule has 2 aromatic heterocycles. The first-order chi connectivity index (χ1) is 9.25. The first-order valence-corrected chi connectivity index (χ1v) is 6.99. The third-order valence-corrected chi connectivity index (χ3v) is 4.17. The van der Waals surface area contributed by atoms with E-state index >= 15 is 0 Å². The van der Waals surface area contributed by atoms with Crippen molar-refractivity contribution >= 4 is 43.4 Å². The van der Waals surface area contributed by atoms with E-state index in [4.69, 9.17) is 0 Å². The van der Waals surface area contributed by atoms with E-state index in [1.54, 1.807) is 0 Å². The van der Waals surface area contributed by atoms with Crippen LogP contribution in [0, 0.1) is 6.92 Å². The molecule has 4 aromatic rings. The molecule has 92 valence electrons. The van der Waals surface area contributed by atoms with Gasteiger partial charge in [-0.1, -0.05) is 28.1 Å². The van der Waals surface area contributed by atoms with Gasteiger partial charge in [0.15, 0.2) is 0 Å². The molecule has 0 bridgehead atoms. The van der Waals surface area contributed by atoms with Crippen molar-refractivity contribution in [3.8, 4) is 0 Å².